The number of aromatic amines is 1. The van der Waals surface area contributed by atoms with Crippen LogP contribution >= 0.6 is 11.8 Å². The van der Waals surface area contributed by atoms with Crippen molar-refractivity contribution in [2.45, 2.75) is 75.3 Å². The molecule has 0 spiro atoms. The summed E-state index contributed by atoms with van der Waals surface area (Å²) in [5.41, 5.74) is 6.89. The van der Waals surface area contributed by atoms with Crippen LogP contribution in [-0.2, 0) is 45.2 Å². The predicted molar refractivity (Wildman–Crippen MR) is 245 cm³/mol. The van der Waals surface area contributed by atoms with Crippen molar-refractivity contribution in [3.63, 3.8) is 0 Å². The number of carbonyl (C=O) groups is 6. The molecular weight excluding hydrogens is 865 g/mol. The van der Waals surface area contributed by atoms with Gasteiger partial charge in [-0.2, -0.15) is 5.26 Å². The molecule has 4 aromatic rings. The summed E-state index contributed by atoms with van der Waals surface area (Å²) in [5.74, 6) is -1.76. The number of anilines is 1. The van der Waals surface area contributed by atoms with E-state index in [-0.39, 0.29) is 54.9 Å². The van der Waals surface area contributed by atoms with Gasteiger partial charge in [-0.05, 0) is 73.2 Å². The molecule has 3 aromatic carbocycles. The lowest BCUT2D eigenvalue weighted by Crippen LogP contribution is -2.54. The monoisotopic (exact) mass is 918 g/mol. The summed E-state index contributed by atoms with van der Waals surface area (Å²) < 4.78 is 22.4. The molecule has 3 N–H and O–H groups in total. The first-order chi connectivity index (χ1) is 31.9. The van der Waals surface area contributed by atoms with Crippen molar-refractivity contribution >= 4 is 63.7 Å². The highest BCUT2D eigenvalue weighted by molar-refractivity contribution is 7.99. The van der Waals surface area contributed by atoms with Gasteiger partial charge in [-0.25, -0.2) is 0 Å². The first-order valence-corrected chi connectivity index (χ1v) is 23.5. The fourth-order valence-corrected chi connectivity index (χ4v) is 10.3. The Morgan fingerprint density at radius 3 is 2.27 bits per heavy atom. The maximum absolute atomic E-state index is 14.1. The van der Waals surface area contributed by atoms with E-state index in [4.69, 9.17) is 18.9 Å². The molecule has 1 unspecified atom stereocenters. The first kappa shape index (κ1) is 46.6. The van der Waals surface area contributed by atoms with Crippen molar-refractivity contribution in [1.82, 2.24) is 20.5 Å². The maximum Gasteiger partial charge on any atom is 0.263 e. The number of rotatable bonds is 19. The summed E-state index contributed by atoms with van der Waals surface area (Å²) in [4.78, 5) is 84.5. The Balaban J connectivity index is 0.681. The number of H-pyrrole nitrogens is 1. The standard InChI is InChI=1S/C49H54N6O10S/c1-4-30-25-34-35(49(2,3)45-43(44(34)58)32-9-8-29(27-50)24-36(32)52-45)26-38(30)54-14-12-31(13-15-54)51-41(57)28-65-21-20-63-17-16-62-18-19-64-22-23-66-39-7-5-6-33-42(39)48(61)55(47(33)60)37-10-11-40(56)53-46(37)59/h5-9,24-26,31,37,52H,4,10-23,28H2,1-3H3,(H,51,57)(H,53,56,59). The molecule has 4 aliphatic rings. The Labute approximate surface area is 387 Å². The van der Waals surface area contributed by atoms with Crippen LogP contribution in [0, 0.1) is 11.3 Å². The normalized spacial score (nSPS) is 18.0. The third-order valence-electron chi connectivity index (χ3n) is 12.8. The lowest BCUT2D eigenvalue weighted by atomic mass is 9.70. The number of fused-ring (bicyclic) bond motifs is 5. The molecule has 5 amide bonds. The molecule has 1 aromatic heterocycles. The van der Waals surface area contributed by atoms with Crippen molar-refractivity contribution in [2.24, 2.45) is 0 Å². The molecule has 2 saturated heterocycles. The Morgan fingerprint density at radius 1 is 0.864 bits per heavy atom. The second-order valence-corrected chi connectivity index (χ2v) is 18.4. The number of ketones is 1. The van der Waals surface area contributed by atoms with E-state index < -0.39 is 35.1 Å². The van der Waals surface area contributed by atoms with Crippen molar-refractivity contribution in [3.8, 4) is 6.07 Å². The van der Waals surface area contributed by atoms with Crippen LogP contribution in [0.3, 0.4) is 0 Å². The lowest BCUT2D eigenvalue weighted by molar-refractivity contribution is -0.136. The topological polar surface area (TPSA) is 209 Å². The van der Waals surface area contributed by atoms with E-state index in [0.717, 1.165) is 76.2 Å². The number of ether oxygens (including phenoxy) is 4. The fraction of sp³-hybridized carbons (Fsp3) is 0.449. The van der Waals surface area contributed by atoms with Crippen LogP contribution in [0.4, 0.5) is 5.69 Å². The molecule has 17 heteroatoms. The number of thioether (sulfide) groups is 1. The largest absolute Gasteiger partial charge is 0.378 e. The number of imide groups is 2. The number of amides is 5. The van der Waals surface area contributed by atoms with E-state index >= 15 is 0 Å². The molecule has 346 valence electrons. The van der Waals surface area contributed by atoms with Crippen LogP contribution in [0.2, 0.25) is 0 Å². The Morgan fingerprint density at radius 2 is 1.58 bits per heavy atom. The van der Waals surface area contributed by atoms with Gasteiger partial charge in [0, 0.05) is 69.5 Å². The van der Waals surface area contributed by atoms with Gasteiger partial charge in [0.15, 0.2) is 5.78 Å². The van der Waals surface area contributed by atoms with E-state index in [1.807, 2.05) is 6.07 Å². The molecule has 4 heterocycles. The number of nitrogens with zero attached hydrogens (tertiary/aromatic N) is 3. The Kier molecular flexibility index (Phi) is 14.4. The van der Waals surface area contributed by atoms with Crippen molar-refractivity contribution < 1.29 is 47.7 Å². The molecule has 2 fully saturated rings. The number of benzene rings is 3. The smallest absolute Gasteiger partial charge is 0.263 e. The zero-order chi connectivity index (χ0) is 46.5. The van der Waals surface area contributed by atoms with E-state index in [1.165, 1.54) is 11.8 Å². The van der Waals surface area contributed by atoms with Gasteiger partial charge in [0.05, 0.1) is 74.6 Å². The minimum Gasteiger partial charge on any atom is -0.378 e. The third kappa shape index (κ3) is 9.51. The average molecular weight is 919 g/mol. The van der Waals surface area contributed by atoms with E-state index in [0.29, 0.717) is 61.4 Å². The summed E-state index contributed by atoms with van der Waals surface area (Å²) in [6.07, 6.45) is 2.51. The van der Waals surface area contributed by atoms with Gasteiger partial charge in [-0.1, -0.05) is 32.9 Å². The Bertz CT molecular complexity index is 2610. The molecule has 66 heavy (non-hydrogen) atoms. The number of aromatic nitrogens is 1. The van der Waals surface area contributed by atoms with Gasteiger partial charge in [0.1, 0.15) is 12.6 Å². The van der Waals surface area contributed by atoms with Crippen LogP contribution < -0.4 is 15.5 Å². The minimum absolute atomic E-state index is 0.00367. The number of carbonyl (C=O) groups excluding carboxylic acids is 6. The van der Waals surface area contributed by atoms with E-state index in [9.17, 15) is 34.0 Å². The summed E-state index contributed by atoms with van der Waals surface area (Å²) in [5, 5.41) is 15.6. The molecule has 1 atom stereocenters. The van der Waals surface area contributed by atoms with Gasteiger partial charge in [0.25, 0.3) is 11.8 Å². The summed E-state index contributed by atoms with van der Waals surface area (Å²) >= 11 is 1.38. The number of nitrogens with one attached hydrogen (secondary N) is 3. The zero-order valence-electron chi connectivity index (χ0n) is 37.4. The maximum atomic E-state index is 14.1. The molecule has 16 nitrogen and oxygen atoms in total. The van der Waals surface area contributed by atoms with Gasteiger partial charge >= 0.3 is 0 Å². The van der Waals surface area contributed by atoms with Gasteiger partial charge in [-0.15, -0.1) is 11.8 Å². The van der Waals surface area contributed by atoms with E-state index in [2.05, 4.69) is 59.5 Å². The summed E-state index contributed by atoms with van der Waals surface area (Å²) in [6, 6.07) is 15.9. The highest BCUT2D eigenvalue weighted by Gasteiger charge is 2.46. The molecular formula is C49H54N6O10S. The average Bonchev–Trinajstić information content (AvgIpc) is 3.83. The van der Waals surface area contributed by atoms with Crippen LogP contribution in [0.5, 0.6) is 0 Å². The summed E-state index contributed by atoms with van der Waals surface area (Å²) in [6.45, 7) is 10.3. The van der Waals surface area contributed by atoms with Gasteiger partial charge in [-0.3, -0.25) is 39.0 Å². The lowest BCUT2D eigenvalue weighted by Gasteiger charge is -2.38. The molecule has 0 saturated carbocycles. The number of hydrogen-bond donors (Lipinski definition) is 3. The highest BCUT2D eigenvalue weighted by Crippen LogP contribution is 2.46. The number of piperidine rings is 2. The first-order valence-electron chi connectivity index (χ1n) is 22.5. The number of nitriles is 1. The van der Waals surface area contributed by atoms with Gasteiger partial charge < -0.3 is 34.1 Å². The van der Waals surface area contributed by atoms with Crippen LogP contribution in [0.1, 0.15) is 105 Å². The second-order valence-electron chi connectivity index (χ2n) is 17.3. The molecule has 0 bridgehead atoms. The van der Waals surface area contributed by atoms with Crippen molar-refractivity contribution in [3.05, 3.63) is 93.2 Å². The van der Waals surface area contributed by atoms with Crippen molar-refractivity contribution in [2.75, 3.05) is 76.6 Å². The molecule has 0 radical (unpaired) electrons. The second kappa shape index (κ2) is 20.3. The third-order valence-corrected chi connectivity index (χ3v) is 13.8. The predicted octanol–water partition coefficient (Wildman–Crippen LogP) is 4.82. The van der Waals surface area contributed by atoms with Crippen LogP contribution in [0.25, 0.3) is 10.9 Å². The molecule has 8 rings (SSSR count). The molecule has 1 aliphatic carbocycles. The highest BCUT2D eigenvalue weighted by atomic mass is 32.2. The van der Waals surface area contributed by atoms with E-state index in [1.54, 1.807) is 30.3 Å². The quantitative estimate of drug-likeness (QED) is 0.0656. The zero-order valence-corrected chi connectivity index (χ0v) is 38.2. The minimum atomic E-state index is -1.01. The summed E-state index contributed by atoms with van der Waals surface area (Å²) in [7, 11) is 0. The van der Waals surface area contributed by atoms with Gasteiger partial charge in [0.2, 0.25) is 17.7 Å². The van der Waals surface area contributed by atoms with Crippen molar-refractivity contribution in [1.29, 1.82) is 5.26 Å². The number of hydrogen-bond acceptors (Lipinski definition) is 13. The SMILES string of the molecule is CCc1cc2c(cc1N1CCC(NC(=O)COCCOCCOCCOCCSc3cccc4c3C(=O)N(C3CCC(=O)NC3=O)C4=O)CC1)C(C)(C)c1[nH]c3cc(C#N)ccc3c1C2=O. The van der Waals surface area contributed by atoms with Crippen LogP contribution in [-0.4, -0.2) is 129 Å². The fourth-order valence-electron chi connectivity index (χ4n) is 9.33. The van der Waals surface area contributed by atoms with Crippen LogP contribution in [0.15, 0.2) is 53.4 Å². The Hall–Kier alpha value is -5.90. The molecule has 3 aliphatic heterocycles. The number of aryl methyl sites for hydroxylation is 1.